The van der Waals surface area contributed by atoms with Crippen LogP contribution in [-0.4, -0.2) is 0 Å². The maximum Gasteiger partial charge on any atom is 0.136 e. The van der Waals surface area contributed by atoms with Crippen LogP contribution in [0.4, 0.5) is 0 Å². The first-order valence-corrected chi connectivity index (χ1v) is 19.3. The van der Waals surface area contributed by atoms with Crippen LogP contribution >= 0.6 is 11.3 Å². The Labute approximate surface area is 314 Å². The lowest BCUT2D eigenvalue weighted by Gasteiger charge is -2.18. The molecular formula is C52H30OS. The van der Waals surface area contributed by atoms with E-state index in [1.54, 1.807) is 0 Å². The van der Waals surface area contributed by atoms with E-state index in [9.17, 15) is 0 Å². The minimum absolute atomic E-state index is 0.942. The summed E-state index contributed by atoms with van der Waals surface area (Å²) in [7, 11) is 0. The Hall–Kier alpha value is -6.74. The first kappa shape index (κ1) is 29.8. The summed E-state index contributed by atoms with van der Waals surface area (Å²) in [5.74, 6) is 0. The first-order valence-electron chi connectivity index (χ1n) is 18.5. The van der Waals surface area contributed by atoms with Crippen molar-refractivity contribution in [2.24, 2.45) is 0 Å². The van der Waals surface area contributed by atoms with Crippen molar-refractivity contribution in [3.05, 3.63) is 182 Å². The molecule has 10 aromatic carbocycles. The third-order valence-electron chi connectivity index (χ3n) is 11.4. The highest BCUT2D eigenvalue weighted by atomic mass is 32.1. The van der Waals surface area contributed by atoms with E-state index in [4.69, 9.17) is 4.42 Å². The Morgan fingerprint density at radius 2 is 0.796 bits per heavy atom. The lowest BCUT2D eigenvalue weighted by Crippen LogP contribution is -1.91. The minimum atomic E-state index is 0.942. The lowest BCUT2D eigenvalue weighted by atomic mass is 9.85. The zero-order valence-corrected chi connectivity index (χ0v) is 30.0. The van der Waals surface area contributed by atoms with E-state index in [1.807, 2.05) is 17.4 Å². The number of hydrogen-bond acceptors (Lipinski definition) is 2. The van der Waals surface area contributed by atoms with Gasteiger partial charge in [-0.25, -0.2) is 0 Å². The number of furan rings is 1. The van der Waals surface area contributed by atoms with E-state index in [0.29, 0.717) is 0 Å². The van der Waals surface area contributed by atoms with Crippen LogP contribution in [0, 0.1) is 0 Å². The van der Waals surface area contributed by atoms with Gasteiger partial charge in [-0.15, -0.1) is 11.3 Å². The predicted octanol–water partition coefficient (Wildman–Crippen LogP) is 15.6. The van der Waals surface area contributed by atoms with Crippen LogP contribution in [0.2, 0.25) is 0 Å². The van der Waals surface area contributed by atoms with Gasteiger partial charge in [-0.1, -0.05) is 140 Å². The highest BCUT2D eigenvalue weighted by Gasteiger charge is 2.17. The number of rotatable bonds is 3. The van der Waals surface area contributed by atoms with Crippen LogP contribution in [0.1, 0.15) is 0 Å². The number of thiophene rings is 1. The van der Waals surface area contributed by atoms with Crippen molar-refractivity contribution in [3.8, 4) is 33.4 Å². The number of hydrogen-bond donors (Lipinski definition) is 0. The van der Waals surface area contributed by atoms with Gasteiger partial charge in [0.1, 0.15) is 11.2 Å². The molecule has 0 N–H and O–H groups in total. The molecule has 0 unspecified atom stereocenters. The van der Waals surface area contributed by atoms with E-state index in [0.717, 1.165) is 11.2 Å². The molecule has 0 aliphatic carbocycles. The van der Waals surface area contributed by atoms with E-state index >= 15 is 0 Å². The fraction of sp³-hybridized carbons (Fsp3) is 0. The van der Waals surface area contributed by atoms with Crippen LogP contribution in [0.5, 0.6) is 0 Å². The van der Waals surface area contributed by atoms with Crippen molar-refractivity contribution < 1.29 is 4.42 Å². The Kier molecular flexibility index (Phi) is 6.28. The quantitative estimate of drug-likeness (QED) is 0.167. The fourth-order valence-electron chi connectivity index (χ4n) is 8.84. The number of fused-ring (bicyclic) bond motifs is 10. The SMILES string of the molecule is c1ccc2cc(-c3c4ccccc4c(-c4ccc(-c5ccc6cc7c(cc6c5)sc5cc6oc8ccccc8c6cc57)cc4)c4ccccc34)ccc2c1. The van der Waals surface area contributed by atoms with Crippen molar-refractivity contribution in [1.82, 2.24) is 0 Å². The van der Waals surface area contributed by atoms with Crippen molar-refractivity contribution in [2.75, 3.05) is 0 Å². The van der Waals surface area contributed by atoms with Crippen molar-refractivity contribution in [2.45, 2.75) is 0 Å². The zero-order chi connectivity index (χ0) is 35.3. The molecular weight excluding hydrogens is 673 g/mol. The van der Waals surface area contributed by atoms with E-state index in [2.05, 4.69) is 176 Å². The van der Waals surface area contributed by atoms with Crippen LogP contribution in [0.15, 0.2) is 186 Å². The van der Waals surface area contributed by atoms with Gasteiger partial charge in [0.15, 0.2) is 0 Å². The molecule has 0 spiro atoms. The van der Waals surface area contributed by atoms with Crippen LogP contribution < -0.4 is 0 Å². The summed E-state index contributed by atoms with van der Waals surface area (Å²) in [4.78, 5) is 0. The maximum absolute atomic E-state index is 6.22. The summed E-state index contributed by atoms with van der Waals surface area (Å²) in [5.41, 5.74) is 9.37. The predicted molar refractivity (Wildman–Crippen MR) is 233 cm³/mol. The molecule has 0 aliphatic heterocycles. The van der Waals surface area contributed by atoms with Crippen LogP contribution in [-0.2, 0) is 0 Å². The highest BCUT2D eigenvalue weighted by molar-refractivity contribution is 7.26. The molecule has 0 aliphatic rings. The zero-order valence-electron chi connectivity index (χ0n) is 29.1. The smallest absolute Gasteiger partial charge is 0.136 e. The Morgan fingerprint density at radius 3 is 1.56 bits per heavy atom. The fourth-order valence-corrected chi connectivity index (χ4v) is 9.99. The van der Waals surface area contributed by atoms with Crippen molar-refractivity contribution >= 4 is 96.5 Å². The molecule has 2 heteroatoms. The normalized spacial score (nSPS) is 12.1. The minimum Gasteiger partial charge on any atom is -0.456 e. The summed E-state index contributed by atoms with van der Waals surface area (Å²) in [6.45, 7) is 0. The second-order valence-corrected chi connectivity index (χ2v) is 15.5. The largest absolute Gasteiger partial charge is 0.456 e. The first-order chi connectivity index (χ1) is 26.7. The van der Waals surface area contributed by atoms with Gasteiger partial charge in [-0.3, -0.25) is 0 Å². The summed E-state index contributed by atoms with van der Waals surface area (Å²) < 4.78 is 8.78. The van der Waals surface area contributed by atoms with E-state index in [-0.39, 0.29) is 0 Å². The third kappa shape index (κ3) is 4.44. The van der Waals surface area contributed by atoms with Crippen LogP contribution in [0.25, 0.3) is 119 Å². The number of para-hydroxylation sites is 1. The van der Waals surface area contributed by atoms with E-state index < -0.39 is 0 Å². The molecule has 54 heavy (non-hydrogen) atoms. The van der Waals surface area contributed by atoms with Crippen molar-refractivity contribution in [1.29, 1.82) is 0 Å². The number of benzene rings is 10. The highest BCUT2D eigenvalue weighted by Crippen LogP contribution is 2.45. The molecule has 0 saturated carbocycles. The average Bonchev–Trinajstić information content (AvgIpc) is 3.77. The van der Waals surface area contributed by atoms with Crippen molar-refractivity contribution in [3.63, 3.8) is 0 Å². The van der Waals surface area contributed by atoms with Gasteiger partial charge in [0.05, 0.1) is 0 Å². The summed E-state index contributed by atoms with van der Waals surface area (Å²) in [6, 6.07) is 66.9. The van der Waals surface area contributed by atoms with Gasteiger partial charge in [0.25, 0.3) is 0 Å². The van der Waals surface area contributed by atoms with Gasteiger partial charge in [0, 0.05) is 30.9 Å². The van der Waals surface area contributed by atoms with Gasteiger partial charge >= 0.3 is 0 Å². The molecule has 0 bridgehead atoms. The monoisotopic (exact) mass is 702 g/mol. The van der Waals surface area contributed by atoms with Gasteiger partial charge in [-0.2, -0.15) is 0 Å². The molecule has 12 aromatic rings. The molecule has 250 valence electrons. The van der Waals surface area contributed by atoms with Crippen LogP contribution in [0.3, 0.4) is 0 Å². The molecule has 12 rings (SSSR count). The molecule has 0 saturated heterocycles. The van der Waals surface area contributed by atoms with Gasteiger partial charge < -0.3 is 4.42 Å². The van der Waals surface area contributed by atoms with E-state index in [1.165, 1.54) is 107 Å². The molecule has 2 aromatic heterocycles. The molecule has 0 atom stereocenters. The Balaban J connectivity index is 0.962. The second kappa shape index (κ2) is 11.4. The second-order valence-electron chi connectivity index (χ2n) is 14.4. The molecule has 0 radical (unpaired) electrons. The Morgan fingerprint density at radius 1 is 0.278 bits per heavy atom. The molecule has 2 heterocycles. The third-order valence-corrected chi connectivity index (χ3v) is 12.5. The summed E-state index contributed by atoms with van der Waals surface area (Å²) in [6.07, 6.45) is 0. The summed E-state index contributed by atoms with van der Waals surface area (Å²) >= 11 is 1.84. The van der Waals surface area contributed by atoms with Gasteiger partial charge in [-0.05, 0) is 119 Å². The molecule has 0 amide bonds. The Bertz CT molecular complexity index is 3430. The molecule has 1 nitrogen and oxygen atoms in total. The standard InChI is InChI=1S/C52H30OS/c1-2-10-34-25-37(24-19-31(34)9-1)52-42-14-5-3-12-40(42)51(41-13-4-6-15-43(41)52)33-20-17-32(18-21-33)35-22-23-36-27-45-46-29-44-39-11-7-8-16-47(39)53-48(44)30-50(46)54-49(45)28-38(36)26-35/h1-30H. The topological polar surface area (TPSA) is 13.1 Å². The van der Waals surface area contributed by atoms with Gasteiger partial charge in [0.2, 0.25) is 0 Å². The maximum atomic E-state index is 6.22. The molecule has 0 fully saturated rings. The summed E-state index contributed by atoms with van der Waals surface area (Å²) in [5, 5.41) is 15.1. The lowest BCUT2D eigenvalue weighted by molar-refractivity contribution is 0.669. The average molecular weight is 703 g/mol.